The van der Waals surface area contributed by atoms with Crippen molar-refractivity contribution in [2.75, 3.05) is 69.6 Å². The first-order valence-corrected chi connectivity index (χ1v) is 26.9. The number of methoxy groups -OCH3 is 1. The van der Waals surface area contributed by atoms with E-state index >= 15 is 8.78 Å². The number of ether oxygens (including phenoxy) is 4. The van der Waals surface area contributed by atoms with Crippen molar-refractivity contribution in [1.29, 1.82) is 0 Å². The summed E-state index contributed by atoms with van der Waals surface area (Å²) in [4.78, 5) is 30.0. The second-order valence-corrected chi connectivity index (χ2v) is 27.5. The Morgan fingerprint density at radius 3 is 2.22 bits per heavy atom. The lowest BCUT2D eigenvalue weighted by atomic mass is 9.93. The van der Waals surface area contributed by atoms with E-state index in [9.17, 15) is 4.79 Å². The number of nitrogens with zero attached hydrogens (tertiary/aromatic N) is 5. The second kappa shape index (κ2) is 18.8. The molecule has 2 unspecified atom stereocenters. The number of aromatic nitrogens is 2. The van der Waals surface area contributed by atoms with Crippen molar-refractivity contribution >= 4 is 53.4 Å². The van der Waals surface area contributed by atoms with Crippen LogP contribution in [0.3, 0.4) is 0 Å². The van der Waals surface area contributed by atoms with Crippen molar-refractivity contribution in [1.82, 2.24) is 19.8 Å². The highest BCUT2D eigenvalue weighted by Gasteiger charge is 2.47. The maximum Gasteiger partial charge on any atom is 0.410 e. The van der Waals surface area contributed by atoms with Crippen LogP contribution in [0.4, 0.5) is 19.4 Å². The summed E-state index contributed by atoms with van der Waals surface area (Å²) in [7, 11) is -0.748. The summed E-state index contributed by atoms with van der Waals surface area (Å²) < 4.78 is 58.0. The number of carbonyl (C=O) groups excluding carboxylic acids is 1. The monoisotopic (exact) mass is 927 g/mol. The van der Waals surface area contributed by atoms with Gasteiger partial charge in [-0.25, -0.2) is 13.6 Å². The van der Waals surface area contributed by atoms with E-state index < -0.39 is 25.3 Å². The maximum atomic E-state index is 18.0. The fourth-order valence-corrected chi connectivity index (χ4v) is 17.1. The lowest BCUT2D eigenvalue weighted by Gasteiger charge is -2.42. The number of thioether (sulfide) groups is 1. The zero-order valence-electron chi connectivity index (χ0n) is 40.0. The Kier molecular flexibility index (Phi) is 13.7. The lowest BCUT2D eigenvalue weighted by Crippen LogP contribution is -2.57. The summed E-state index contributed by atoms with van der Waals surface area (Å²) in [6.07, 6.45) is 3.45. The Morgan fingerprint density at radius 1 is 0.923 bits per heavy atom. The van der Waals surface area contributed by atoms with Crippen LogP contribution in [-0.4, -0.2) is 116 Å². The van der Waals surface area contributed by atoms with Gasteiger partial charge in [0.25, 0.3) is 0 Å². The summed E-state index contributed by atoms with van der Waals surface area (Å²) in [5.41, 5.74) is 5.11. The quantitative estimate of drug-likeness (QED) is 0.0734. The number of hydrogen-bond donors (Lipinski definition) is 0. The molecule has 1 amide bonds. The first-order valence-electron chi connectivity index (χ1n) is 23.5. The summed E-state index contributed by atoms with van der Waals surface area (Å²) >= 11 is 1.99. The summed E-state index contributed by atoms with van der Waals surface area (Å²) in [5, 5.41) is 1.70. The third-order valence-corrected chi connectivity index (χ3v) is 21.5. The van der Waals surface area contributed by atoms with Crippen LogP contribution in [0.5, 0.6) is 11.8 Å². The molecule has 1 saturated carbocycles. The number of anilines is 1. The maximum absolute atomic E-state index is 18.0. The van der Waals surface area contributed by atoms with Gasteiger partial charge in [0.2, 0.25) is 0 Å². The molecule has 2 bridgehead atoms. The third kappa shape index (κ3) is 9.67. The molecule has 1 aliphatic carbocycles. The number of carbonyl (C=O) groups is 1. The topological polar surface area (TPSA) is 89.5 Å². The number of amides is 1. The van der Waals surface area contributed by atoms with Crippen molar-refractivity contribution in [2.24, 2.45) is 5.41 Å². The van der Waals surface area contributed by atoms with Crippen LogP contribution in [0.15, 0.2) is 36.4 Å². The molecule has 3 saturated heterocycles. The zero-order valence-corrected chi connectivity index (χ0v) is 41.8. The van der Waals surface area contributed by atoms with E-state index in [0.29, 0.717) is 69.6 Å². The molecule has 0 spiro atoms. The molecule has 4 aromatic rings. The smallest absolute Gasteiger partial charge is 0.410 e. The van der Waals surface area contributed by atoms with Gasteiger partial charge < -0.3 is 28.7 Å². The molecule has 65 heavy (non-hydrogen) atoms. The normalized spacial score (nSPS) is 19.9. The fourth-order valence-electron chi connectivity index (χ4n) is 10.9. The predicted molar refractivity (Wildman–Crippen MR) is 261 cm³/mol. The summed E-state index contributed by atoms with van der Waals surface area (Å²) in [6, 6.07) is 10.2. The number of fused-ring (bicyclic) bond motifs is 4. The minimum Gasteiger partial charge on any atom is -0.468 e. The van der Waals surface area contributed by atoms with E-state index in [4.69, 9.17) is 28.9 Å². The van der Waals surface area contributed by atoms with E-state index in [1.807, 2.05) is 49.6 Å². The number of hydrogen-bond acceptors (Lipinski definition) is 10. The van der Waals surface area contributed by atoms with Crippen LogP contribution in [0.1, 0.15) is 93.6 Å². The number of rotatable bonds is 13. The van der Waals surface area contributed by atoms with Crippen molar-refractivity contribution < 1.29 is 32.5 Å². The predicted octanol–water partition coefficient (Wildman–Crippen LogP) is 11.1. The number of halogens is 2. The van der Waals surface area contributed by atoms with Crippen LogP contribution >= 0.6 is 11.8 Å². The van der Waals surface area contributed by atoms with Crippen molar-refractivity contribution in [3.05, 3.63) is 53.6 Å². The van der Waals surface area contributed by atoms with Gasteiger partial charge in [-0.3, -0.25) is 4.90 Å². The van der Waals surface area contributed by atoms with E-state index in [2.05, 4.69) is 62.8 Å². The van der Waals surface area contributed by atoms with Gasteiger partial charge in [-0.05, 0) is 98.3 Å². The fraction of sp³-hybridized carbons (Fsp3) is 0.588. The van der Waals surface area contributed by atoms with Gasteiger partial charge in [-0.1, -0.05) is 59.6 Å². The Hall–Kier alpha value is -4.16. The van der Waals surface area contributed by atoms with Gasteiger partial charge >= 0.3 is 12.1 Å². The molecular weight excluding hydrogens is 861 g/mol. The van der Waals surface area contributed by atoms with E-state index in [-0.39, 0.29) is 53.0 Å². The number of benzene rings is 3. The molecular formula is C51H67F2N5O5SSi. The van der Waals surface area contributed by atoms with E-state index in [0.717, 1.165) is 56.8 Å². The number of piperazine rings is 1. The first kappa shape index (κ1) is 47.3. The molecule has 4 aliphatic rings. The first-order chi connectivity index (χ1) is 30.9. The molecule has 4 fully saturated rings. The van der Waals surface area contributed by atoms with Gasteiger partial charge in [0.1, 0.15) is 36.6 Å². The van der Waals surface area contributed by atoms with E-state index in [1.165, 1.54) is 6.07 Å². The van der Waals surface area contributed by atoms with Gasteiger partial charge in [-0.15, -0.1) is 5.54 Å². The van der Waals surface area contributed by atoms with Crippen molar-refractivity contribution in [3.8, 4) is 34.4 Å². The molecule has 0 N–H and O–H groups in total. The molecule has 1 aromatic heterocycles. The Bertz CT molecular complexity index is 2440. The highest BCUT2D eigenvalue weighted by Crippen LogP contribution is 2.48. The largest absolute Gasteiger partial charge is 0.468 e. The Balaban J connectivity index is 1.26. The lowest BCUT2D eigenvalue weighted by molar-refractivity contribution is 0.0122. The average molecular weight is 928 g/mol. The molecule has 3 aliphatic heterocycles. The van der Waals surface area contributed by atoms with E-state index in [1.54, 1.807) is 25.3 Å². The molecule has 4 heterocycles. The standard InChI is InChI=1S/C51H67F2N5O5SSi/c1-32(2)65(33(3)4,34(5)6)24-17-40-43(52)16-11-35-25-38(62-31-60-10)26-42(44(35)40)39-14-15-41-46(45(39)53)54-48(61-30-51(18-19-51)29-56-20-22-64-23-21-56)55-47(41)57-27-36-12-13-37(28-57)58(36)49(59)63-50(7,8)9/h11,14-16,25-26,32-34,36-37H,12-13,18-23,27-31H2,1-10H3. The molecule has 0 radical (unpaired) electrons. The zero-order chi connectivity index (χ0) is 46.4. The highest BCUT2D eigenvalue weighted by molar-refractivity contribution is 7.99. The Labute approximate surface area is 389 Å². The van der Waals surface area contributed by atoms with Crippen LogP contribution in [0.25, 0.3) is 32.8 Å². The highest BCUT2D eigenvalue weighted by atomic mass is 32.2. The molecule has 14 heteroatoms. The molecule has 350 valence electrons. The van der Waals surface area contributed by atoms with Gasteiger partial charge in [0.15, 0.2) is 12.6 Å². The molecule has 8 rings (SSSR count). The Morgan fingerprint density at radius 2 is 1.60 bits per heavy atom. The minimum atomic E-state index is -2.29. The average Bonchev–Trinajstić information content (AvgIpc) is 3.96. The van der Waals surface area contributed by atoms with Crippen LogP contribution in [-0.2, 0) is 9.47 Å². The minimum absolute atomic E-state index is 0.00323. The molecule has 2 atom stereocenters. The summed E-state index contributed by atoms with van der Waals surface area (Å²) in [5.74, 6) is 5.62. The molecule has 3 aromatic carbocycles. The molecule has 10 nitrogen and oxygen atoms in total. The van der Waals surface area contributed by atoms with Crippen LogP contribution in [0, 0.1) is 28.5 Å². The van der Waals surface area contributed by atoms with Gasteiger partial charge in [0, 0.05) is 73.1 Å². The second-order valence-electron chi connectivity index (χ2n) is 20.7. The van der Waals surface area contributed by atoms with Crippen LogP contribution in [0.2, 0.25) is 16.6 Å². The third-order valence-electron chi connectivity index (χ3n) is 14.2. The van der Waals surface area contributed by atoms with Crippen molar-refractivity contribution in [3.63, 3.8) is 0 Å². The summed E-state index contributed by atoms with van der Waals surface area (Å²) in [6.45, 7) is 23.5. The van der Waals surface area contributed by atoms with Crippen LogP contribution < -0.4 is 14.4 Å². The van der Waals surface area contributed by atoms with Gasteiger partial charge in [0.05, 0.1) is 24.3 Å². The van der Waals surface area contributed by atoms with Crippen molar-refractivity contribution in [2.45, 2.75) is 122 Å². The van der Waals surface area contributed by atoms with Gasteiger partial charge in [-0.2, -0.15) is 21.7 Å². The SMILES string of the molecule is COCOc1cc(-c2ccc3c(N4CC5CCC(C4)N5C(=O)OC(C)(C)C)nc(OCC4(CN5CCSCC5)CC4)nc3c2F)c2c(C#C[Si](C(C)C)(C(C)C)C(C)C)c(F)ccc2c1.